The molecule has 0 bridgehead atoms. The van der Waals surface area contributed by atoms with Crippen molar-refractivity contribution in [3.8, 4) is 11.3 Å². The fourth-order valence-electron chi connectivity index (χ4n) is 2.05. The van der Waals surface area contributed by atoms with Gasteiger partial charge < -0.3 is 0 Å². The van der Waals surface area contributed by atoms with Gasteiger partial charge in [-0.15, -0.1) is 0 Å². The van der Waals surface area contributed by atoms with Gasteiger partial charge in [0.25, 0.3) is 5.91 Å². The number of aromatic nitrogens is 2. The number of halogens is 2. The molecule has 2 aromatic carbocycles. The molecule has 1 heterocycles. The second-order valence-electron chi connectivity index (χ2n) is 4.93. The number of benzene rings is 2. The third kappa shape index (κ3) is 4.01. The Kier molecular flexibility index (Phi) is 4.93. The van der Waals surface area contributed by atoms with Crippen molar-refractivity contribution in [1.29, 1.82) is 0 Å². The second kappa shape index (κ2) is 7.29. The Morgan fingerprint density at radius 1 is 1.08 bits per heavy atom. The summed E-state index contributed by atoms with van der Waals surface area (Å²) < 4.78 is 0. The largest absolute Gasteiger partial charge is 0.289 e. The number of rotatable bonds is 4. The van der Waals surface area contributed by atoms with E-state index in [1.54, 1.807) is 30.5 Å². The van der Waals surface area contributed by atoms with Crippen LogP contribution in [-0.4, -0.2) is 22.3 Å². The fraction of sp³-hybridized carbons (Fsp3) is 0. The molecule has 0 saturated heterocycles. The Labute approximate surface area is 148 Å². The van der Waals surface area contributed by atoms with E-state index in [9.17, 15) is 4.79 Å². The maximum absolute atomic E-state index is 12.1. The highest BCUT2D eigenvalue weighted by Gasteiger charge is 2.11. The maximum Gasteiger partial charge on any atom is 0.289 e. The van der Waals surface area contributed by atoms with Crippen molar-refractivity contribution in [1.82, 2.24) is 15.6 Å². The van der Waals surface area contributed by atoms with Crippen LogP contribution in [0, 0.1) is 0 Å². The third-order valence-corrected chi connectivity index (χ3v) is 3.60. The number of aromatic amines is 1. The normalized spacial score (nSPS) is 10.9. The van der Waals surface area contributed by atoms with E-state index >= 15 is 0 Å². The summed E-state index contributed by atoms with van der Waals surface area (Å²) >= 11 is 12.0. The lowest BCUT2D eigenvalue weighted by atomic mass is 10.1. The van der Waals surface area contributed by atoms with Gasteiger partial charge in [0.05, 0.1) is 11.9 Å². The predicted molar refractivity (Wildman–Crippen MR) is 95.5 cm³/mol. The van der Waals surface area contributed by atoms with Gasteiger partial charge in [-0.1, -0.05) is 53.5 Å². The van der Waals surface area contributed by atoms with Crippen molar-refractivity contribution in [2.75, 3.05) is 0 Å². The Morgan fingerprint density at radius 3 is 2.50 bits per heavy atom. The molecule has 0 aliphatic rings. The highest BCUT2D eigenvalue weighted by atomic mass is 35.5. The molecule has 0 saturated carbocycles. The number of amides is 1. The Bertz CT molecular complexity index is 870. The van der Waals surface area contributed by atoms with Crippen molar-refractivity contribution in [3.05, 3.63) is 75.9 Å². The Balaban J connectivity index is 1.71. The number of hydrogen-bond donors (Lipinski definition) is 2. The van der Waals surface area contributed by atoms with E-state index in [-0.39, 0.29) is 5.69 Å². The first kappa shape index (κ1) is 16.2. The van der Waals surface area contributed by atoms with Crippen LogP contribution in [-0.2, 0) is 0 Å². The van der Waals surface area contributed by atoms with Crippen LogP contribution in [0.15, 0.2) is 59.7 Å². The van der Waals surface area contributed by atoms with Crippen molar-refractivity contribution in [2.24, 2.45) is 5.10 Å². The topological polar surface area (TPSA) is 70.1 Å². The molecule has 0 fully saturated rings. The first-order chi connectivity index (χ1) is 11.6. The van der Waals surface area contributed by atoms with Gasteiger partial charge in [0, 0.05) is 15.6 Å². The van der Waals surface area contributed by atoms with Crippen LogP contribution < -0.4 is 5.43 Å². The van der Waals surface area contributed by atoms with E-state index in [4.69, 9.17) is 23.2 Å². The van der Waals surface area contributed by atoms with Gasteiger partial charge in [0.15, 0.2) is 0 Å². The minimum absolute atomic E-state index is 0.284. The lowest BCUT2D eigenvalue weighted by Crippen LogP contribution is -2.17. The van der Waals surface area contributed by atoms with Gasteiger partial charge in [-0.05, 0) is 29.8 Å². The summed E-state index contributed by atoms with van der Waals surface area (Å²) in [5, 5.41) is 11.7. The molecule has 120 valence electrons. The molecule has 1 amide bonds. The van der Waals surface area contributed by atoms with E-state index < -0.39 is 5.91 Å². The number of carbonyl (C=O) groups is 1. The predicted octanol–water partition coefficient (Wildman–Crippen LogP) is 4.15. The third-order valence-electron chi connectivity index (χ3n) is 3.16. The summed E-state index contributed by atoms with van der Waals surface area (Å²) in [7, 11) is 0. The molecule has 0 radical (unpaired) electrons. The van der Waals surface area contributed by atoms with Gasteiger partial charge in [0.1, 0.15) is 5.69 Å². The Morgan fingerprint density at radius 2 is 1.79 bits per heavy atom. The van der Waals surface area contributed by atoms with Gasteiger partial charge in [0.2, 0.25) is 0 Å². The van der Waals surface area contributed by atoms with E-state index in [2.05, 4.69) is 20.7 Å². The number of H-pyrrole nitrogens is 1. The minimum Gasteiger partial charge on any atom is -0.272 e. The molecule has 0 aliphatic carbocycles. The molecule has 0 atom stereocenters. The van der Waals surface area contributed by atoms with Crippen LogP contribution >= 0.6 is 23.2 Å². The van der Waals surface area contributed by atoms with Crippen LogP contribution in [0.5, 0.6) is 0 Å². The molecule has 0 aliphatic heterocycles. The molecule has 0 unspecified atom stereocenters. The number of hydrogen-bond acceptors (Lipinski definition) is 3. The number of nitrogens with one attached hydrogen (secondary N) is 2. The van der Waals surface area contributed by atoms with Crippen LogP contribution in [0.1, 0.15) is 16.1 Å². The summed E-state index contributed by atoms with van der Waals surface area (Å²) in [4.78, 5) is 12.1. The number of carbonyl (C=O) groups excluding carboxylic acids is 1. The lowest BCUT2D eigenvalue weighted by molar-refractivity contribution is 0.0950. The monoisotopic (exact) mass is 358 g/mol. The summed E-state index contributed by atoms with van der Waals surface area (Å²) in [5.74, 6) is -0.394. The summed E-state index contributed by atoms with van der Waals surface area (Å²) in [6.07, 6.45) is 1.56. The number of nitrogens with zero attached hydrogens (tertiary/aromatic N) is 2. The molecule has 24 heavy (non-hydrogen) atoms. The quantitative estimate of drug-likeness (QED) is 0.543. The molecule has 1 aromatic heterocycles. The lowest BCUT2D eigenvalue weighted by Gasteiger charge is -1.98. The zero-order valence-corrected chi connectivity index (χ0v) is 13.8. The average Bonchev–Trinajstić information content (AvgIpc) is 3.05. The minimum atomic E-state index is -0.394. The van der Waals surface area contributed by atoms with Gasteiger partial charge in [-0.3, -0.25) is 9.89 Å². The van der Waals surface area contributed by atoms with Crippen molar-refractivity contribution in [2.45, 2.75) is 0 Å². The molecule has 3 rings (SSSR count). The smallest absolute Gasteiger partial charge is 0.272 e. The Hall–Kier alpha value is -2.63. The molecular formula is C17H12Cl2N4O. The van der Waals surface area contributed by atoms with Crippen LogP contribution in [0.25, 0.3) is 11.3 Å². The maximum atomic E-state index is 12.1. The van der Waals surface area contributed by atoms with Crippen molar-refractivity contribution < 1.29 is 4.79 Å². The van der Waals surface area contributed by atoms with E-state index in [0.29, 0.717) is 15.7 Å². The number of hydrazone groups is 1. The van der Waals surface area contributed by atoms with Crippen LogP contribution in [0.3, 0.4) is 0 Å². The summed E-state index contributed by atoms with van der Waals surface area (Å²) in [6.45, 7) is 0. The SMILES string of the molecule is O=C(N/N=C/c1ccccc1)c1cc(-c2cc(Cl)cc(Cl)c2)n[nH]1. The molecule has 2 N–H and O–H groups in total. The average molecular weight is 359 g/mol. The zero-order chi connectivity index (χ0) is 16.9. The summed E-state index contributed by atoms with van der Waals surface area (Å²) in [5.41, 5.74) is 4.90. The summed E-state index contributed by atoms with van der Waals surface area (Å²) in [6, 6.07) is 16.1. The van der Waals surface area contributed by atoms with Gasteiger partial charge in [-0.25, -0.2) is 5.43 Å². The fourth-order valence-corrected chi connectivity index (χ4v) is 2.58. The van der Waals surface area contributed by atoms with E-state index in [0.717, 1.165) is 11.1 Å². The van der Waals surface area contributed by atoms with Crippen molar-refractivity contribution >= 4 is 35.3 Å². The van der Waals surface area contributed by atoms with E-state index in [1.807, 2.05) is 30.3 Å². The van der Waals surface area contributed by atoms with Crippen LogP contribution in [0.2, 0.25) is 10.0 Å². The first-order valence-corrected chi connectivity index (χ1v) is 7.78. The van der Waals surface area contributed by atoms with Crippen molar-refractivity contribution in [3.63, 3.8) is 0 Å². The molecule has 5 nitrogen and oxygen atoms in total. The van der Waals surface area contributed by atoms with E-state index in [1.165, 1.54) is 0 Å². The molecular weight excluding hydrogens is 347 g/mol. The van der Waals surface area contributed by atoms with Gasteiger partial charge in [-0.2, -0.15) is 10.2 Å². The highest BCUT2D eigenvalue weighted by molar-refractivity contribution is 6.35. The standard InChI is InChI=1S/C17H12Cl2N4O/c18-13-6-12(7-14(19)8-13)15-9-16(22-21-15)17(24)23-20-10-11-4-2-1-3-5-11/h1-10H,(H,21,22)(H,23,24)/b20-10+. The second-order valence-corrected chi connectivity index (χ2v) is 5.81. The first-order valence-electron chi connectivity index (χ1n) is 7.02. The van der Waals surface area contributed by atoms with Crippen LogP contribution in [0.4, 0.5) is 0 Å². The van der Waals surface area contributed by atoms with Gasteiger partial charge >= 0.3 is 0 Å². The molecule has 0 spiro atoms. The molecule has 3 aromatic rings. The highest BCUT2D eigenvalue weighted by Crippen LogP contribution is 2.26. The zero-order valence-electron chi connectivity index (χ0n) is 12.3. The molecule has 7 heteroatoms.